The van der Waals surface area contributed by atoms with Crippen molar-refractivity contribution in [2.45, 2.75) is 52.4 Å². The van der Waals surface area contributed by atoms with Crippen molar-refractivity contribution in [2.24, 2.45) is 0 Å². The summed E-state index contributed by atoms with van der Waals surface area (Å²) in [5.41, 5.74) is 17.3. The number of para-hydroxylation sites is 2. The normalized spacial score (nSPS) is 12.4. The molecule has 8 aromatic carbocycles. The molecule has 0 saturated carbocycles. The summed E-state index contributed by atoms with van der Waals surface area (Å²) in [6, 6.07) is 67.1. The van der Waals surface area contributed by atoms with Gasteiger partial charge in [0.15, 0.2) is 0 Å². The Hall–Kier alpha value is -6.90. The van der Waals surface area contributed by atoms with E-state index in [0.29, 0.717) is 0 Å². The van der Waals surface area contributed by atoms with E-state index >= 15 is 0 Å². The molecule has 2 heteroatoms. The smallest absolute Gasteiger partial charge is 0.0541 e. The number of rotatable bonds is 6. The van der Waals surface area contributed by atoms with Crippen molar-refractivity contribution >= 4 is 55.8 Å². The number of benzene rings is 8. The molecule has 60 heavy (non-hydrogen) atoms. The quantitative estimate of drug-likeness (QED) is 0.149. The number of fused-ring (bicyclic) bond motifs is 6. The first-order valence-corrected chi connectivity index (χ1v) is 21.2. The molecule has 2 heterocycles. The molecule has 0 spiro atoms. The van der Waals surface area contributed by atoms with Crippen LogP contribution in [0, 0.1) is 0 Å². The van der Waals surface area contributed by atoms with Crippen LogP contribution in [0.5, 0.6) is 0 Å². The van der Waals surface area contributed by atoms with Gasteiger partial charge in [0.1, 0.15) is 0 Å². The second-order valence-electron chi connectivity index (χ2n) is 18.3. The van der Waals surface area contributed by atoms with Crippen molar-refractivity contribution < 1.29 is 0 Å². The fourth-order valence-corrected chi connectivity index (χ4v) is 8.82. The van der Waals surface area contributed by atoms with E-state index in [0.717, 1.165) is 0 Å². The van der Waals surface area contributed by atoms with Crippen LogP contribution in [0.1, 0.15) is 63.8 Å². The summed E-state index contributed by atoms with van der Waals surface area (Å²) in [6.07, 6.45) is 4.42. The van der Waals surface area contributed by atoms with Crippen LogP contribution in [0.2, 0.25) is 0 Å². The summed E-state index contributed by atoms with van der Waals surface area (Å²) in [4.78, 5) is 0. The standard InChI is InChI=1S/C58H50N2/c1-57(2,3)45-29-33-55-51(37-45)49-35-43(27-31-53(49)59(55)47-13-9-7-10-14-47)41-23-19-39(20-24-41)17-18-40-21-25-42(26-22-40)44-28-32-54-50(36-44)52-38-46(58(4,5)6)30-34-56(52)60(54)48-15-11-8-12-16-48/h7-38H,1-6H3/b18-17+. The van der Waals surface area contributed by atoms with Crippen LogP contribution in [0.25, 0.3) is 89.4 Å². The predicted octanol–water partition coefficient (Wildman–Crippen LogP) is 16.0. The Morgan fingerprint density at radius 3 is 0.983 bits per heavy atom. The molecule has 0 radical (unpaired) electrons. The molecule has 0 aliphatic rings. The fourth-order valence-electron chi connectivity index (χ4n) is 8.82. The molecular weight excluding hydrogens is 725 g/mol. The largest absolute Gasteiger partial charge is 0.309 e. The summed E-state index contributed by atoms with van der Waals surface area (Å²) in [5, 5.41) is 5.14. The minimum atomic E-state index is 0.0663. The van der Waals surface area contributed by atoms with Gasteiger partial charge in [0.25, 0.3) is 0 Å². The third-order valence-electron chi connectivity index (χ3n) is 12.2. The van der Waals surface area contributed by atoms with Crippen molar-refractivity contribution in [1.29, 1.82) is 0 Å². The second kappa shape index (κ2) is 14.4. The van der Waals surface area contributed by atoms with Gasteiger partial charge < -0.3 is 9.13 Å². The number of nitrogens with zero attached hydrogens (tertiary/aromatic N) is 2. The Balaban J connectivity index is 0.928. The van der Waals surface area contributed by atoms with Crippen LogP contribution < -0.4 is 0 Å². The number of hydrogen-bond donors (Lipinski definition) is 0. The zero-order valence-corrected chi connectivity index (χ0v) is 35.4. The maximum absolute atomic E-state index is 2.40. The van der Waals surface area contributed by atoms with Gasteiger partial charge in [-0.15, -0.1) is 0 Å². The van der Waals surface area contributed by atoms with Gasteiger partial charge in [-0.25, -0.2) is 0 Å². The highest BCUT2D eigenvalue weighted by atomic mass is 15.0. The fraction of sp³-hybridized carbons (Fsp3) is 0.138. The maximum atomic E-state index is 2.40. The molecule has 0 amide bonds. The molecule has 292 valence electrons. The highest BCUT2D eigenvalue weighted by molar-refractivity contribution is 6.12. The molecule has 0 N–H and O–H groups in total. The summed E-state index contributed by atoms with van der Waals surface area (Å²) in [7, 11) is 0. The van der Waals surface area contributed by atoms with Crippen LogP contribution >= 0.6 is 0 Å². The van der Waals surface area contributed by atoms with E-state index in [1.165, 1.54) is 99.5 Å². The van der Waals surface area contributed by atoms with Crippen LogP contribution in [-0.4, -0.2) is 9.13 Å². The molecule has 0 unspecified atom stereocenters. The van der Waals surface area contributed by atoms with Crippen molar-refractivity contribution in [3.8, 4) is 33.6 Å². The van der Waals surface area contributed by atoms with Crippen LogP contribution in [0.15, 0.2) is 182 Å². The third-order valence-corrected chi connectivity index (χ3v) is 12.2. The molecule has 0 aliphatic heterocycles. The van der Waals surface area contributed by atoms with Gasteiger partial charge in [-0.3, -0.25) is 0 Å². The first-order valence-electron chi connectivity index (χ1n) is 21.2. The lowest BCUT2D eigenvalue weighted by Crippen LogP contribution is -2.10. The SMILES string of the molecule is CC(C)(C)c1ccc2c(c1)c1cc(-c3ccc(/C=C/c4ccc(-c5ccc6c(c5)c5cc(C(C)(C)C)ccc5n6-c5ccccc5)cc4)cc3)ccc1n2-c1ccccc1. The minimum Gasteiger partial charge on any atom is -0.309 e. The molecule has 0 aliphatic carbocycles. The van der Waals surface area contributed by atoms with E-state index in [4.69, 9.17) is 0 Å². The van der Waals surface area contributed by atoms with E-state index in [-0.39, 0.29) is 10.8 Å². The summed E-state index contributed by atoms with van der Waals surface area (Å²) >= 11 is 0. The Bertz CT molecular complexity index is 3000. The Morgan fingerprint density at radius 1 is 0.317 bits per heavy atom. The summed E-state index contributed by atoms with van der Waals surface area (Å²) in [6.45, 7) is 13.7. The third kappa shape index (κ3) is 6.73. The summed E-state index contributed by atoms with van der Waals surface area (Å²) in [5.74, 6) is 0. The second-order valence-corrected chi connectivity index (χ2v) is 18.3. The van der Waals surface area contributed by atoms with Crippen LogP contribution in [0.4, 0.5) is 0 Å². The molecular formula is C58H50N2. The zero-order valence-electron chi connectivity index (χ0n) is 35.4. The number of hydrogen-bond acceptors (Lipinski definition) is 0. The molecule has 0 fully saturated rings. The van der Waals surface area contributed by atoms with Crippen molar-refractivity contribution in [3.05, 3.63) is 204 Å². The molecule has 10 rings (SSSR count). The van der Waals surface area contributed by atoms with Crippen LogP contribution in [-0.2, 0) is 10.8 Å². The summed E-state index contributed by atoms with van der Waals surface area (Å²) < 4.78 is 4.79. The molecule has 0 atom stereocenters. The topological polar surface area (TPSA) is 9.86 Å². The van der Waals surface area contributed by atoms with Gasteiger partial charge in [-0.2, -0.15) is 0 Å². The molecule has 10 aromatic rings. The average Bonchev–Trinajstić information content (AvgIpc) is 3.77. The van der Waals surface area contributed by atoms with Crippen LogP contribution in [0.3, 0.4) is 0 Å². The lowest BCUT2D eigenvalue weighted by molar-refractivity contribution is 0.591. The first-order chi connectivity index (χ1) is 29.0. The van der Waals surface area contributed by atoms with E-state index < -0.39 is 0 Å². The van der Waals surface area contributed by atoms with Crippen molar-refractivity contribution in [3.63, 3.8) is 0 Å². The number of aromatic nitrogens is 2. The van der Waals surface area contributed by atoms with Gasteiger partial charge in [0.2, 0.25) is 0 Å². The highest BCUT2D eigenvalue weighted by Crippen LogP contribution is 2.39. The van der Waals surface area contributed by atoms with Gasteiger partial charge in [0.05, 0.1) is 22.1 Å². The molecule has 0 bridgehead atoms. The van der Waals surface area contributed by atoms with Gasteiger partial charge in [-0.1, -0.05) is 163 Å². The lowest BCUT2D eigenvalue weighted by atomic mass is 9.86. The highest BCUT2D eigenvalue weighted by Gasteiger charge is 2.20. The van der Waals surface area contributed by atoms with E-state index in [1.807, 2.05) is 0 Å². The van der Waals surface area contributed by atoms with Gasteiger partial charge in [0, 0.05) is 32.9 Å². The monoisotopic (exact) mass is 774 g/mol. The van der Waals surface area contributed by atoms with Crippen molar-refractivity contribution in [2.75, 3.05) is 0 Å². The predicted molar refractivity (Wildman–Crippen MR) is 259 cm³/mol. The molecule has 0 saturated heterocycles. The van der Waals surface area contributed by atoms with Crippen molar-refractivity contribution in [1.82, 2.24) is 9.13 Å². The van der Waals surface area contributed by atoms with Gasteiger partial charge >= 0.3 is 0 Å². The Labute approximate surface area is 353 Å². The maximum Gasteiger partial charge on any atom is 0.0541 e. The Kier molecular flexibility index (Phi) is 8.99. The minimum absolute atomic E-state index is 0.0663. The van der Waals surface area contributed by atoms with E-state index in [9.17, 15) is 0 Å². The lowest BCUT2D eigenvalue weighted by Gasteiger charge is -2.19. The molecule has 2 nitrogen and oxygen atoms in total. The molecule has 2 aromatic heterocycles. The first kappa shape index (κ1) is 37.4. The van der Waals surface area contributed by atoms with E-state index in [2.05, 4.69) is 245 Å². The van der Waals surface area contributed by atoms with Gasteiger partial charge in [-0.05, 0) is 128 Å². The average molecular weight is 775 g/mol. The Morgan fingerprint density at radius 2 is 0.633 bits per heavy atom. The van der Waals surface area contributed by atoms with E-state index in [1.54, 1.807) is 0 Å². The zero-order chi connectivity index (χ0) is 41.2.